The van der Waals surface area contributed by atoms with Gasteiger partial charge in [-0.05, 0) is 37.3 Å². The van der Waals surface area contributed by atoms with Crippen molar-refractivity contribution in [3.05, 3.63) is 0 Å². The van der Waals surface area contributed by atoms with Crippen molar-refractivity contribution in [3.63, 3.8) is 0 Å². The molecule has 0 heterocycles. The molecule has 0 aromatic rings. The number of hydrogen-bond acceptors (Lipinski definition) is 2. The minimum atomic E-state index is 0.343. The van der Waals surface area contributed by atoms with Gasteiger partial charge in [0.25, 0.3) is 0 Å². The zero-order valence-electron chi connectivity index (χ0n) is 14.0. The Balaban J connectivity index is 4.31. The smallest absolute Gasteiger partial charge is 0.0125 e. The zero-order valence-corrected chi connectivity index (χ0v) is 14.0. The molecule has 0 amide bonds. The summed E-state index contributed by atoms with van der Waals surface area (Å²) in [7, 11) is 2.09. The highest BCUT2D eigenvalue weighted by atomic mass is 15.1. The first kappa shape index (κ1) is 17.9. The molecule has 2 nitrogen and oxygen atoms in total. The van der Waals surface area contributed by atoms with Crippen molar-refractivity contribution in [2.75, 3.05) is 26.7 Å². The lowest BCUT2D eigenvalue weighted by molar-refractivity contribution is 0.183. The van der Waals surface area contributed by atoms with Crippen LogP contribution >= 0.6 is 0 Å². The fourth-order valence-corrected chi connectivity index (χ4v) is 2.61. The summed E-state index contributed by atoms with van der Waals surface area (Å²) in [5.74, 6) is 1.51. The van der Waals surface area contributed by atoms with Crippen LogP contribution in [0.1, 0.15) is 54.9 Å². The maximum atomic E-state index is 3.48. The van der Waals surface area contributed by atoms with E-state index in [1.165, 1.54) is 26.1 Å². The predicted octanol–water partition coefficient (Wildman–Crippen LogP) is 3.62. The van der Waals surface area contributed by atoms with Crippen LogP contribution in [-0.4, -0.2) is 37.6 Å². The van der Waals surface area contributed by atoms with Gasteiger partial charge in [-0.1, -0.05) is 48.5 Å². The Bertz CT molecular complexity index is 194. The molecule has 0 bridgehead atoms. The highest BCUT2D eigenvalue weighted by molar-refractivity contribution is 4.80. The van der Waals surface area contributed by atoms with E-state index in [1.54, 1.807) is 0 Å². The van der Waals surface area contributed by atoms with Gasteiger partial charge < -0.3 is 10.2 Å². The third-order valence-electron chi connectivity index (χ3n) is 3.37. The Labute approximate surface area is 116 Å². The Morgan fingerprint density at radius 2 is 1.39 bits per heavy atom. The molecule has 0 aromatic carbocycles. The fourth-order valence-electron chi connectivity index (χ4n) is 2.61. The van der Waals surface area contributed by atoms with Gasteiger partial charge in [0.15, 0.2) is 0 Å². The van der Waals surface area contributed by atoms with Gasteiger partial charge in [-0.25, -0.2) is 0 Å². The van der Waals surface area contributed by atoms with E-state index in [-0.39, 0.29) is 0 Å². The van der Waals surface area contributed by atoms with Crippen molar-refractivity contribution in [2.24, 2.45) is 17.3 Å². The molecule has 0 saturated carbocycles. The van der Waals surface area contributed by atoms with Gasteiger partial charge in [0, 0.05) is 19.1 Å². The largest absolute Gasteiger partial charge is 0.316 e. The molecule has 0 spiro atoms. The summed E-state index contributed by atoms with van der Waals surface area (Å²) in [6, 6.07) is 0.597. The Morgan fingerprint density at radius 1 is 0.944 bits per heavy atom. The molecule has 0 aliphatic heterocycles. The summed E-state index contributed by atoms with van der Waals surface area (Å²) in [4.78, 5) is 2.63. The number of nitrogens with zero attached hydrogens (tertiary/aromatic N) is 1. The second-order valence-electron chi connectivity index (χ2n) is 7.54. The average Bonchev–Trinajstić information content (AvgIpc) is 2.13. The lowest BCUT2D eigenvalue weighted by Gasteiger charge is -2.33. The van der Waals surface area contributed by atoms with Crippen LogP contribution in [0, 0.1) is 17.3 Å². The first-order valence-electron chi connectivity index (χ1n) is 7.56. The summed E-state index contributed by atoms with van der Waals surface area (Å²) in [5.41, 5.74) is 0.343. The number of rotatable bonds is 8. The van der Waals surface area contributed by atoms with E-state index >= 15 is 0 Å². The van der Waals surface area contributed by atoms with Crippen LogP contribution in [0.5, 0.6) is 0 Å². The quantitative estimate of drug-likeness (QED) is 0.713. The van der Waals surface area contributed by atoms with Crippen molar-refractivity contribution in [3.8, 4) is 0 Å². The van der Waals surface area contributed by atoms with Crippen LogP contribution in [0.25, 0.3) is 0 Å². The van der Waals surface area contributed by atoms with Gasteiger partial charge in [0.1, 0.15) is 0 Å². The number of nitrogens with one attached hydrogen (secondary N) is 1. The van der Waals surface area contributed by atoms with E-state index in [0.29, 0.717) is 11.5 Å². The van der Waals surface area contributed by atoms with E-state index < -0.39 is 0 Å². The van der Waals surface area contributed by atoms with Crippen LogP contribution in [0.15, 0.2) is 0 Å². The van der Waals surface area contributed by atoms with E-state index in [0.717, 1.165) is 11.8 Å². The molecule has 0 saturated heterocycles. The highest BCUT2D eigenvalue weighted by Gasteiger charge is 2.23. The van der Waals surface area contributed by atoms with Gasteiger partial charge in [0.2, 0.25) is 0 Å². The highest BCUT2D eigenvalue weighted by Crippen LogP contribution is 2.22. The monoisotopic (exact) mass is 256 g/mol. The van der Waals surface area contributed by atoms with Gasteiger partial charge in [-0.2, -0.15) is 0 Å². The molecule has 0 radical (unpaired) electrons. The van der Waals surface area contributed by atoms with E-state index in [2.05, 4.69) is 65.7 Å². The molecule has 0 aliphatic rings. The maximum absolute atomic E-state index is 3.48. The van der Waals surface area contributed by atoms with Crippen molar-refractivity contribution in [2.45, 2.75) is 60.9 Å². The molecule has 0 rings (SSSR count). The second kappa shape index (κ2) is 8.16. The average molecular weight is 256 g/mol. The molecule has 1 atom stereocenters. The first-order valence-corrected chi connectivity index (χ1v) is 7.56. The van der Waals surface area contributed by atoms with E-state index in [9.17, 15) is 0 Å². The van der Waals surface area contributed by atoms with Crippen molar-refractivity contribution >= 4 is 0 Å². The normalized spacial score (nSPS) is 14.8. The van der Waals surface area contributed by atoms with Gasteiger partial charge in [0.05, 0.1) is 0 Å². The van der Waals surface area contributed by atoms with Crippen molar-refractivity contribution < 1.29 is 0 Å². The lowest BCUT2D eigenvalue weighted by Crippen LogP contribution is -2.42. The fraction of sp³-hybridized carbons (Fsp3) is 1.00. The topological polar surface area (TPSA) is 15.3 Å². The third-order valence-corrected chi connectivity index (χ3v) is 3.37. The Kier molecular flexibility index (Phi) is 8.13. The van der Waals surface area contributed by atoms with Crippen molar-refractivity contribution in [1.82, 2.24) is 10.2 Å². The van der Waals surface area contributed by atoms with Crippen LogP contribution in [0.4, 0.5) is 0 Å². The zero-order chi connectivity index (χ0) is 14.3. The molecule has 1 unspecified atom stereocenters. The molecule has 2 heteroatoms. The molecule has 1 N–H and O–H groups in total. The van der Waals surface area contributed by atoms with Gasteiger partial charge in [-0.15, -0.1) is 0 Å². The minimum absolute atomic E-state index is 0.343. The summed E-state index contributed by atoms with van der Waals surface area (Å²) in [6.07, 6.45) is 1.24. The second-order valence-corrected chi connectivity index (χ2v) is 7.54. The lowest BCUT2D eigenvalue weighted by atomic mass is 9.85. The van der Waals surface area contributed by atoms with E-state index in [1.807, 2.05) is 0 Å². The molecule has 0 fully saturated rings. The van der Waals surface area contributed by atoms with Crippen LogP contribution in [0.2, 0.25) is 0 Å². The minimum Gasteiger partial charge on any atom is -0.316 e. The summed E-state index contributed by atoms with van der Waals surface area (Å²) in [5, 5.41) is 3.48. The molecular weight excluding hydrogens is 220 g/mol. The Hall–Kier alpha value is -0.0800. The SMILES string of the molecule is CNC(CCN(CC(C)C)CC(C)C)C(C)(C)C. The summed E-state index contributed by atoms with van der Waals surface area (Å²) < 4.78 is 0. The van der Waals surface area contributed by atoms with Crippen LogP contribution in [0.3, 0.4) is 0 Å². The number of hydrogen-bond donors (Lipinski definition) is 1. The van der Waals surface area contributed by atoms with Gasteiger partial charge in [-0.3, -0.25) is 0 Å². The Morgan fingerprint density at radius 3 is 1.67 bits per heavy atom. The third kappa shape index (κ3) is 8.10. The molecule has 0 aliphatic carbocycles. The predicted molar refractivity (Wildman–Crippen MR) is 83.0 cm³/mol. The first-order chi connectivity index (χ1) is 8.16. The molecule has 0 aromatic heterocycles. The molecule has 110 valence electrons. The van der Waals surface area contributed by atoms with Crippen molar-refractivity contribution in [1.29, 1.82) is 0 Å². The summed E-state index contributed by atoms with van der Waals surface area (Å²) >= 11 is 0. The maximum Gasteiger partial charge on any atom is 0.0125 e. The van der Waals surface area contributed by atoms with Crippen LogP contribution in [-0.2, 0) is 0 Å². The standard InChI is InChI=1S/C16H36N2/c1-13(2)11-18(12-14(3)4)10-9-15(17-8)16(5,6)7/h13-15,17H,9-12H2,1-8H3. The van der Waals surface area contributed by atoms with Crippen LogP contribution < -0.4 is 5.32 Å². The van der Waals surface area contributed by atoms with E-state index in [4.69, 9.17) is 0 Å². The van der Waals surface area contributed by atoms with Gasteiger partial charge >= 0.3 is 0 Å². The summed E-state index contributed by atoms with van der Waals surface area (Å²) in [6.45, 7) is 19.9. The molecular formula is C16H36N2. The molecule has 18 heavy (non-hydrogen) atoms.